The first-order valence-electron chi connectivity index (χ1n) is 6.74. The summed E-state index contributed by atoms with van der Waals surface area (Å²) in [5.41, 5.74) is 0. The molecule has 17 heavy (non-hydrogen) atoms. The van der Waals surface area contributed by atoms with E-state index in [1.54, 1.807) is 6.07 Å². The maximum Gasteiger partial charge on any atom is 0.214 e. The Morgan fingerprint density at radius 1 is 1.12 bits per heavy atom. The Kier molecular flexibility index (Phi) is 3.00. The van der Waals surface area contributed by atoms with Crippen LogP contribution in [0.1, 0.15) is 38.5 Å². The predicted molar refractivity (Wildman–Crippen MR) is 66.5 cm³/mol. The molecule has 0 spiro atoms. The van der Waals surface area contributed by atoms with Crippen LogP contribution < -0.4 is 4.90 Å². The summed E-state index contributed by atoms with van der Waals surface area (Å²) in [6.45, 7) is 1.04. The zero-order valence-corrected chi connectivity index (χ0v) is 10.1. The molecule has 0 bridgehead atoms. The normalized spacial score (nSPS) is 25.7. The molecule has 3 rings (SSSR count). The molecule has 1 saturated carbocycles. The average molecular weight is 234 g/mol. The summed E-state index contributed by atoms with van der Waals surface area (Å²) in [6, 6.07) is 5.73. The van der Waals surface area contributed by atoms with E-state index >= 15 is 0 Å². The lowest BCUT2D eigenvalue weighted by Gasteiger charge is -2.30. The molecule has 1 aromatic heterocycles. The van der Waals surface area contributed by atoms with E-state index in [1.165, 1.54) is 44.6 Å². The van der Waals surface area contributed by atoms with E-state index in [4.69, 9.17) is 0 Å². The van der Waals surface area contributed by atoms with E-state index in [9.17, 15) is 4.39 Å². The molecule has 1 aliphatic carbocycles. The Labute approximate surface area is 102 Å². The molecule has 1 unspecified atom stereocenters. The Hall–Kier alpha value is -1.12. The van der Waals surface area contributed by atoms with Gasteiger partial charge in [-0.25, -0.2) is 4.98 Å². The largest absolute Gasteiger partial charge is 0.353 e. The SMILES string of the molecule is Fc1cccc(N2CCCC2C2CCCC2)n1. The summed E-state index contributed by atoms with van der Waals surface area (Å²) in [5, 5.41) is 0. The first kappa shape index (κ1) is 11.0. The molecule has 1 aliphatic heterocycles. The minimum Gasteiger partial charge on any atom is -0.353 e. The summed E-state index contributed by atoms with van der Waals surface area (Å²) < 4.78 is 13.2. The number of pyridine rings is 1. The lowest BCUT2D eigenvalue weighted by Crippen LogP contribution is -2.35. The maximum absolute atomic E-state index is 13.2. The van der Waals surface area contributed by atoms with E-state index in [0.717, 1.165) is 18.3 Å². The lowest BCUT2D eigenvalue weighted by atomic mass is 9.96. The van der Waals surface area contributed by atoms with Crippen molar-refractivity contribution in [2.45, 2.75) is 44.6 Å². The number of anilines is 1. The van der Waals surface area contributed by atoms with Gasteiger partial charge in [0.15, 0.2) is 0 Å². The van der Waals surface area contributed by atoms with Crippen LogP contribution in [-0.4, -0.2) is 17.6 Å². The van der Waals surface area contributed by atoms with Gasteiger partial charge >= 0.3 is 0 Å². The van der Waals surface area contributed by atoms with E-state index in [1.807, 2.05) is 6.07 Å². The van der Waals surface area contributed by atoms with Gasteiger partial charge in [0.25, 0.3) is 0 Å². The Morgan fingerprint density at radius 2 is 1.94 bits per heavy atom. The summed E-state index contributed by atoms with van der Waals surface area (Å²) in [7, 11) is 0. The number of halogens is 1. The van der Waals surface area contributed by atoms with Gasteiger partial charge in [0.2, 0.25) is 5.95 Å². The summed E-state index contributed by atoms with van der Waals surface area (Å²) in [4.78, 5) is 6.37. The molecule has 0 radical (unpaired) electrons. The molecule has 2 heterocycles. The molecule has 0 aromatic carbocycles. The fraction of sp³-hybridized carbons (Fsp3) is 0.643. The van der Waals surface area contributed by atoms with Crippen molar-refractivity contribution in [2.24, 2.45) is 5.92 Å². The van der Waals surface area contributed by atoms with Crippen LogP contribution in [-0.2, 0) is 0 Å². The second-order valence-corrected chi connectivity index (χ2v) is 5.27. The third kappa shape index (κ3) is 2.15. The van der Waals surface area contributed by atoms with Gasteiger partial charge < -0.3 is 4.90 Å². The highest BCUT2D eigenvalue weighted by molar-refractivity contribution is 5.41. The van der Waals surface area contributed by atoms with E-state index < -0.39 is 0 Å². The second kappa shape index (κ2) is 4.63. The van der Waals surface area contributed by atoms with E-state index in [-0.39, 0.29) is 5.95 Å². The molecule has 2 fully saturated rings. The minimum atomic E-state index is -0.362. The van der Waals surface area contributed by atoms with Crippen molar-refractivity contribution in [3.05, 3.63) is 24.1 Å². The Morgan fingerprint density at radius 3 is 2.71 bits per heavy atom. The smallest absolute Gasteiger partial charge is 0.214 e. The van der Waals surface area contributed by atoms with Crippen LogP contribution in [0, 0.1) is 11.9 Å². The highest BCUT2D eigenvalue weighted by atomic mass is 19.1. The van der Waals surface area contributed by atoms with Gasteiger partial charge in [0.1, 0.15) is 5.82 Å². The summed E-state index contributed by atoms with van der Waals surface area (Å²) in [5.74, 6) is 1.28. The van der Waals surface area contributed by atoms with Gasteiger partial charge in [-0.05, 0) is 43.7 Å². The van der Waals surface area contributed by atoms with Crippen LogP contribution in [0.2, 0.25) is 0 Å². The highest BCUT2D eigenvalue weighted by Gasteiger charge is 2.33. The minimum absolute atomic E-state index is 0.362. The lowest BCUT2D eigenvalue weighted by molar-refractivity contribution is 0.428. The van der Waals surface area contributed by atoms with Gasteiger partial charge in [-0.15, -0.1) is 0 Å². The molecule has 2 nitrogen and oxygen atoms in total. The zero-order valence-electron chi connectivity index (χ0n) is 10.1. The molecule has 0 amide bonds. The molecular weight excluding hydrogens is 215 g/mol. The molecule has 2 aliphatic rings. The second-order valence-electron chi connectivity index (χ2n) is 5.27. The number of aromatic nitrogens is 1. The summed E-state index contributed by atoms with van der Waals surface area (Å²) >= 11 is 0. The van der Waals surface area contributed by atoms with Crippen LogP contribution >= 0.6 is 0 Å². The van der Waals surface area contributed by atoms with Crippen molar-refractivity contribution in [3.8, 4) is 0 Å². The monoisotopic (exact) mass is 234 g/mol. The highest BCUT2D eigenvalue weighted by Crippen LogP contribution is 2.37. The van der Waals surface area contributed by atoms with Crippen LogP contribution in [0.3, 0.4) is 0 Å². The number of hydrogen-bond acceptors (Lipinski definition) is 2. The molecule has 92 valence electrons. The molecule has 3 heteroatoms. The predicted octanol–water partition coefficient (Wildman–Crippen LogP) is 3.38. The molecule has 1 atom stereocenters. The average Bonchev–Trinajstić information content (AvgIpc) is 3.00. The van der Waals surface area contributed by atoms with Crippen molar-refractivity contribution < 1.29 is 4.39 Å². The maximum atomic E-state index is 13.2. The summed E-state index contributed by atoms with van der Waals surface area (Å²) in [6.07, 6.45) is 7.90. The van der Waals surface area contributed by atoms with Crippen LogP contribution in [0.25, 0.3) is 0 Å². The number of nitrogens with zero attached hydrogens (tertiary/aromatic N) is 2. The molecule has 1 aromatic rings. The number of rotatable bonds is 2. The molecular formula is C14H19FN2. The standard InChI is InChI=1S/C14H19FN2/c15-13-8-3-9-14(16-13)17-10-4-7-12(17)11-5-1-2-6-11/h3,8-9,11-12H,1-2,4-7,10H2. The van der Waals surface area contributed by atoms with E-state index in [0.29, 0.717) is 6.04 Å². The molecule has 0 N–H and O–H groups in total. The van der Waals surface area contributed by atoms with Crippen molar-refractivity contribution in [2.75, 3.05) is 11.4 Å². The molecule has 1 saturated heterocycles. The first-order valence-corrected chi connectivity index (χ1v) is 6.74. The third-order valence-electron chi connectivity index (χ3n) is 4.24. The van der Waals surface area contributed by atoms with Crippen LogP contribution in [0.5, 0.6) is 0 Å². The fourth-order valence-electron chi connectivity index (χ4n) is 3.47. The van der Waals surface area contributed by atoms with Gasteiger partial charge in [-0.1, -0.05) is 18.9 Å². The van der Waals surface area contributed by atoms with Gasteiger partial charge in [-0.2, -0.15) is 4.39 Å². The van der Waals surface area contributed by atoms with Gasteiger partial charge in [-0.3, -0.25) is 0 Å². The quantitative estimate of drug-likeness (QED) is 0.729. The zero-order chi connectivity index (χ0) is 11.7. The van der Waals surface area contributed by atoms with Crippen molar-refractivity contribution in [3.63, 3.8) is 0 Å². The number of hydrogen-bond donors (Lipinski definition) is 0. The fourth-order valence-corrected chi connectivity index (χ4v) is 3.47. The van der Waals surface area contributed by atoms with Crippen LogP contribution in [0.15, 0.2) is 18.2 Å². The van der Waals surface area contributed by atoms with Gasteiger partial charge in [0, 0.05) is 12.6 Å². The van der Waals surface area contributed by atoms with Crippen LogP contribution in [0.4, 0.5) is 10.2 Å². The first-order chi connectivity index (χ1) is 8.34. The van der Waals surface area contributed by atoms with Crippen molar-refractivity contribution >= 4 is 5.82 Å². The van der Waals surface area contributed by atoms with E-state index in [2.05, 4.69) is 9.88 Å². The Balaban J connectivity index is 1.81. The van der Waals surface area contributed by atoms with Crippen molar-refractivity contribution in [1.82, 2.24) is 4.98 Å². The topological polar surface area (TPSA) is 16.1 Å². The van der Waals surface area contributed by atoms with Crippen molar-refractivity contribution in [1.29, 1.82) is 0 Å². The Bertz CT molecular complexity index is 388. The van der Waals surface area contributed by atoms with Gasteiger partial charge in [0.05, 0.1) is 0 Å². The third-order valence-corrected chi connectivity index (χ3v) is 4.24.